The number of carboxylic acids is 1. The third-order valence-corrected chi connectivity index (χ3v) is 1.96. The van der Waals surface area contributed by atoms with E-state index in [4.69, 9.17) is 10.2 Å². The molecule has 0 spiro atoms. The highest BCUT2D eigenvalue weighted by molar-refractivity contribution is 5.72. The first-order valence-electron chi connectivity index (χ1n) is 3.93. The van der Waals surface area contributed by atoms with E-state index in [0.717, 1.165) is 17.0 Å². The van der Waals surface area contributed by atoms with Crippen molar-refractivity contribution < 1.29 is 15.0 Å². The molecular weight excluding hydrogens is 172 g/mol. The topological polar surface area (TPSA) is 86.2 Å². The highest BCUT2D eigenvalue weighted by Gasteiger charge is 2.17. The van der Waals surface area contributed by atoms with Crippen LogP contribution in [0.2, 0.25) is 0 Å². The number of aliphatic carboxylic acids is 1. The normalized spacial score (nSPS) is 12.8. The van der Waals surface area contributed by atoms with E-state index in [1.165, 1.54) is 0 Å². The molecule has 0 aliphatic heterocycles. The number of aromatic amines is 1. The molecule has 1 aromatic rings. The summed E-state index contributed by atoms with van der Waals surface area (Å²) in [7, 11) is 0. The number of nitrogens with zero attached hydrogens (tertiary/aromatic N) is 1. The van der Waals surface area contributed by atoms with Crippen molar-refractivity contribution in [3.8, 4) is 0 Å². The van der Waals surface area contributed by atoms with Crippen molar-refractivity contribution in [3.63, 3.8) is 0 Å². The molecule has 0 saturated heterocycles. The van der Waals surface area contributed by atoms with Crippen molar-refractivity contribution in [1.82, 2.24) is 10.2 Å². The quantitative estimate of drug-likeness (QED) is 0.617. The summed E-state index contributed by atoms with van der Waals surface area (Å²) in [6.45, 7) is 3.57. The number of rotatable bonds is 3. The Kier molecular flexibility index (Phi) is 2.67. The van der Waals surface area contributed by atoms with E-state index in [9.17, 15) is 4.79 Å². The van der Waals surface area contributed by atoms with Gasteiger partial charge >= 0.3 is 5.97 Å². The summed E-state index contributed by atoms with van der Waals surface area (Å²) in [5.74, 6) is -1.21. The highest BCUT2D eigenvalue weighted by atomic mass is 16.4. The predicted octanol–water partition coefficient (Wildman–Crippen LogP) is 0.0145. The van der Waals surface area contributed by atoms with Crippen LogP contribution in [-0.2, 0) is 11.2 Å². The van der Waals surface area contributed by atoms with Gasteiger partial charge in [-0.25, -0.2) is 4.79 Å². The zero-order chi connectivity index (χ0) is 10.0. The standard InChI is InChI=1S/C8H12N2O3/c1-4-6(5(2)10-9-4)3-7(11)8(12)13/h7,11H,3H2,1-2H3,(H,9,10)(H,12,13). The Balaban J connectivity index is 2.79. The van der Waals surface area contributed by atoms with E-state index in [1.54, 1.807) is 13.8 Å². The Hall–Kier alpha value is -1.36. The van der Waals surface area contributed by atoms with Crippen molar-refractivity contribution >= 4 is 5.97 Å². The number of aliphatic hydroxyl groups is 1. The number of carbonyl (C=O) groups is 1. The average Bonchev–Trinajstić information content (AvgIpc) is 2.35. The zero-order valence-electron chi connectivity index (χ0n) is 7.53. The molecule has 1 heterocycles. The first-order valence-corrected chi connectivity index (χ1v) is 3.93. The summed E-state index contributed by atoms with van der Waals surface area (Å²) in [6, 6.07) is 0. The summed E-state index contributed by atoms with van der Waals surface area (Å²) in [4.78, 5) is 10.4. The molecule has 72 valence electrons. The fourth-order valence-corrected chi connectivity index (χ4v) is 1.16. The third-order valence-electron chi connectivity index (χ3n) is 1.96. The number of hydrogen-bond acceptors (Lipinski definition) is 3. The molecule has 0 bridgehead atoms. The minimum absolute atomic E-state index is 0.101. The maximum Gasteiger partial charge on any atom is 0.332 e. The van der Waals surface area contributed by atoms with Crippen LogP contribution in [0.4, 0.5) is 0 Å². The molecule has 0 aliphatic carbocycles. The molecule has 1 aromatic heterocycles. The summed E-state index contributed by atoms with van der Waals surface area (Å²) < 4.78 is 0. The van der Waals surface area contributed by atoms with Crippen LogP contribution >= 0.6 is 0 Å². The van der Waals surface area contributed by atoms with E-state index in [-0.39, 0.29) is 6.42 Å². The molecule has 0 aliphatic rings. The number of aromatic nitrogens is 2. The molecule has 0 saturated carbocycles. The number of carboxylic acid groups (broad SMARTS) is 1. The number of nitrogens with one attached hydrogen (secondary N) is 1. The van der Waals surface area contributed by atoms with Gasteiger partial charge in [0, 0.05) is 12.1 Å². The molecule has 5 heteroatoms. The largest absolute Gasteiger partial charge is 0.479 e. The summed E-state index contributed by atoms with van der Waals surface area (Å²) in [5, 5.41) is 24.2. The van der Waals surface area contributed by atoms with Crippen molar-refractivity contribution in [2.24, 2.45) is 0 Å². The van der Waals surface area contributed by atoms with Crippen molar-refractivity contribution in [1.29, 1.82) is 0 Å². The highest BCUT2D eigenvalue weighted by Crippen LogP contribution is 2.11. The van der Waals surface area contributed by atoms with Crippen molar-refractivity contribution in [2.75, 3.05) is 0 Å². The van der Waals surface area contributed by atoms with Crippen LogP contribution in [-0.4, -0.2) is 32.5 Å². The van der Waals surface area contributed by atoms with Gasteiger partial charge in [0.25, 0.3) is 0 Å². The van der Waals surface area contributed by atoms with Crippen LogP contribution in [0.15, 0.2) is 0 Å². The molecule has 5 nitrogen and oxygen atoms in total. The molecule has 13 heavy (non-hydrogen) atoms. The van der Waals surface area contributed by atoms with E-state index < -0.39 is 12.1 Å². The second-order valence-corrected chi connectivity index (χ2v) is 2.97. The summed E-state index contributed by atoms with van der Waals surface area (Å²) in [6.07, 6.45) is -1.25. The number of hydrogen-bond donors (Lipinski definition) is 3. The molecule has 1 rings (SSSR count). The molecule has 0 radical (unpaired) electrons. The average molecular weight is 184 g/mol. The van der Waals surface area contributed by atoms with Crippen LogP contribution in [0.25, 0.3) is 0 Å². The lowest BCUT2D eigenvalue weighted by Gasteiger charge is -2.04. The van der Waals surface area contributed by atoms with E-state index in [1.807, 2.05) is 0 Å². The van der Waals surface area contributed by atoms with Gasteiger partial charge in [-0.05, 0) is 19.4 Å². The molecule has 0 amide bonds. The Morgan fingerprint density at radius 2 is 2.23 bits per heavy atom. The smallest absolute Gasteiger partial charge is 0.332 e. The number of aryl methyl sites for hydroxylation is 2. The lowest BCUT2D eigenvalue weighted by atomic mass is 10.1. The number of aliphatic hydroxyl groups excluding tert-OH is 1. The molecule has 3 N–H and O–H groups in total. The molecule has 1 unspecified atom stereocenters. The minimum atomic E-state index is -1.35. The zero-order valence-corrected chi connectivity index (χ0v) is 7.53. The van der Waals surface area contributed by atoms with Gasteiger partial charge in [0.05, 0.1) is 5.69 Å². The Morgan fingerprint density at radius 3 is 2.62 bits per heavy atom. The minimum Gasteiger partial charge on any atom is -0.479 e. The fraction of sp³-hybridized carbons (Fsp3) is 0.500. The van der Waals surface area contributed by atoms with Crippen LogP contribution in [0.3, 0.4) is 0 Å². The predicted molar refractivity (Wildman–Crippen MR) is 45.4 cm³/mol. The second-order valence-electron chi connectivity index (χ2n) is 2.97. The van der Waals surface area contributed by atoms with E-state index >= 15 is 0 Å². The van der Waals surface area contributed by atoms with Gasteiger partial charge in [-0.1, -0.05) is 0 Å². The fourth-order valence-electron chi connectivity index (χ4n) is 1.16. The lowest BCUT2D eigenvalue weighted by molar-refractivity contribution is -0.146. The van der Waals surface area contributed by atoms with Gasteiger partial charge in [-0.3, -0.25) is 5.10 Å². The monoisotopic (exact) mass is 184 g/mol. The number of H-pyrrole nitrogens is 1. The summed E-state index contributed by atoms with van der Waals surface area (Å²) in [5.41, 5.74) is 2.31. The van der Waals surface area contributed by atoms with Crippen LogP contribution in [0, 0.1) is 13.8 Å². The van der Waals surface area contributed by atoms with E-state index in [2.05, 4.69) is 10.2 Å². The maximum absolute atomic E-state index is 10.4. The maximum atomic E-state index is 10.4. The van der Waals surface area contributed by atoms with Gasteiger partial charge in [0.2, 0.25) is 0 Å². The Labute approximate surface area is 75.4 Å². The van der Waals surface area contributed by atoms with E-state index in [0.29, 0.717) is 0 Å². The third kappa shape index (κ3) is 2.06. The van der Waals surface area contributed by atoms with Gasteiger partial charge in [0.15, 0.2) is 6.10 Å². The molecule has 0 aromatic carbocycles. The first kappa shape index (κ1) is 9.73. The van der Waals surface area contributed by atoms with Gasteiger partial charge in [-0.2, -0.15) is 5.10 Å². The Morgan fingerprint density at radius 1 is 1.62 bits per heavy atom. The lowest BCUT2D eigenvalue weighted by Crippen LogP contribution is -2.22. The molecule has 1 atom stereocenters. The van der Waals surface area contributed by atoms with Gasteiger partial charge < -0.3 is 10.2 Å². The van der Waals surface area contributed by atoms with Crippen LogP contribution < -0.4 is 0 Å². The van der Waals surface area contributed by atoms with Crippen molar-refractivity contribution in [3.05, 3.63) is 17.0 Å². The molecule has 0 fully saturated rings. The molecular formula is C8H12N2O3. The van der Waals surface area contributed by atoms with Crippen LogP contribution in [0.5, 0.6) is 0 Å². The van der Waals surface area contributed by atoms with Gasteiger partial charge in [-0.15, -0.1) is 0 Å². The second kappa shape index (κ2) is 3.57. The first-order chi connectivity index (χ1) is 6.02. The van der Waals surface area contributed by atoms with Crippen LogP contribution in [0.1, 0.15) is 17.0 Å². The Bertz CT molecular complexity index is 300. The SMILES string of the molecule is Cc1n[nH]c(C)c1CC(O)C(=O)O. The van der Waals surface area contributed by atoms with Crippen molar-refractivity contribution in [2.45, 2.75) is 26.4 Å². The summed E-state index contributed by atoms with van der Waals surface area (Å²) >= 11 is 0. The van der Waals surface area contributed by atoms with Gasteiger partial charge in [0.1, 0.15) is 0 Å².